The second-order valence-corrected chi connectivity index (χ2v) is 2.86. The van der Waals surface area contributed by atoms with Crippen molar-refractivity contribution in [3.8, 4) is 0 Å². The van der Waals surface area contributed by atoms with Gasteiger partial charge in [0.1, 0.15) is 5.69 Å². The Morgan fingerprint density at radius 1 is 1.36 bits per heavy atom. The molecule has 0 saturated heterocycles. The van der Waals surface area contributed by atoms with Crippen LogP contribution in [0.15, 0.2) is 30.6 Å². The van der Waals surface area contributed by atoms with Crippen molar-refractivity contribution in [2.75, 3.05) is 5.73 Å². The maximum absolute atomic E-state index is 10.7. The van der Waals surface area contributed by atoms with Gasteiger partial charge in [0.25, 0.3) is 0 Å². The Morgan fingerprint density at radius 3 is 2.86 bits per heavy atom. The lowest BCUT2D eigenvalue weighted by Crippen LogP contribution is -1.96. The van der Waals surface area contributed by atoms with E-state index in [1.165, 1.54) is 12.3 Å². The molecule has 1 aromatic carbocycles. The molecular formula is C9H7N3O2. The Bertz CT molecular complexity index is 510. The lowest BCUT2D eigenvalue weighted by molar-refractivity contribution is -0.382. The van der Waals surface area contributed by atoms with E-state index in [4.69, 9.17) is 5.73 Å². The van der Waals surface area contributed by atoms with Gasteiger partial charge in [0.2, 0.25) is 0 Å². The molecule has 0 aliphatic carbocycles. The van der Waals surface area contributed by atoms with Crippen LogP contribution in [0.4, 0.5) is 11.4 Å². The van der Waals surface area contributed by atoms with Crippen LogP contribution in [0, 0.1) is 10.1 Å². The first-order chi connectivity index (χ1) is 6.70. The smallest absolute Gasteiger partial charge is 0.301 e. The van der Waals surface area contributed by atoms with E-state index in [-0.39, 0.29) is 11.4 Å². The number of anilines is 1. The van der Waals surface area contributed by atoms with Gasteiger partial charge in [-0.25, -0.2) is 0 Å². The number of hydrogen-bond donors (Lipinski definition) is 1. The molecule has 5 nitrogen and oxygen atoms in total. The number of nitrogen functional groups attached to an aromatic ring is 1. The highest BCUT2D eigenvalue weighted by molar-refractivity contribution is 5.95. The number of nitrogens with two attached hydrogens (primary N) is 1. The molecule has 0 amide bonds. The molecular weight excluding hydrogens is 182 g/mol. The highest BCUT2D eigenvalue weighted by Gasteiger charge is 2.15. The summed E-state index contributed by atoms with van der Waals surface area (Å²) in [4.78, 5) is 14.1. The number of nitro benzene ring substituents is 1. The zero-order chi connectivity index (χ0) is 10.1. The molecule has 0 fully saturated rings. The van der Waals surface area contributed by atoms with E-state index < -0.39 is 4.92 Å². The number of hydrogen-bond acceptors (Lipinski definition) is 4. The molecule has 5 heteroatoms. The Kier molecular flexibility index (Phi) is 1.78. The molecule has 1 heterocycles. The Hall–Kier alpha value is -2.17. The number of nitro groups is 1. The van der Waals surface area contributed by atoms with E-state index in [9.17, 15) is 10.1 Å². The summed E-state index contributed by atoms with van der Waals surface area (Å²) < 4.78 is 0. The van der Waals surface area contributed by atoms with E-state index in [0.29, 0.717) is 5.39 Å². The Balaban J connectivity index is 2.90. The third-order valence-corrected chi connectivity index (χ3v) is 2.01. The lowest BCUT2D eigenvalue weighted by Gasteiger charge is -2.00. The fraction of sp³-hybridized carbons (Fsp3) is 0. The van der Waals surface area contributed by atoms with Crippen molar-refractivity contribution in [1.29, 1.82) is 0 Å². The van der Waals surface area contributed by atoms with Crippen LogP contribution in [-0.2, 0) is 0 Å². The molecule has 0 bridgehead atoms. The van der Waals surface area contributed by atoms with Crippen molar-refractivity contribution in [3.63, 3.8) is 0 Å². The van der Waals surface area contributed by atoms with Gasteiger partial charge in [-0.15, -0.1) is 0 Å². The maximum Gasteiger partial charge on any atom is 0.301 e. The molecule has 14 heavy (non-hydrogen) atoms. The topological polar surface area (TPSA) is 82.0 Å². The fourth-order valence-corrected chi connectivity index (χ4v) is 1.37. The molecule has 2 rings (SSSR count). The van der Waals surface area contributed by atoms with Crippen molar-refractivity contribution in [2.24, 2.45) is 0 Å². The van der Waals surface area contributed by atoms with E-state index in [2.05, 4.69) is 4.98 Å². The number of rotatable bonds is 1. The summed E-state index contributed by atoms with van der Waals surface area (Å²) in [5, 5.41) is 12.0. The van der Waals surface area contributed by atoms with Crippen LogP contribution in [0.25, 0.3) is 10.8 Å². The average Bonchev–Trinajstić information content (AvgIpc) is 2.17. The fourth-order valence-electron chi connectivity index (χ4n) is 1.37. The van der Waals surface area contributed by atoms with Crippen molar-refractivity contribution in [2.45, 2.75) is 0 Å². The number of aromatic nitrogens is 1. The van der Waals surface area contributed by atoms with Gasteiger partial charge in [-0.05, 0) is 17.5 Å². The Morgan fingerprint density at radius 2 is 2.14 bits per heavy atom. The van der Waals surface area contributed by atoms with Crippen LogP contribution in [0.5, 0.6) is 0 Å². The van der Waals surface area contributed by atoms with Gasteiger partial charge in [-0.2, -0.15) is 0 Å². The summed E-state index contributed by atoms with van der Waals surface area (Å²) in [5.74, 6) is 0. The average molecular weight is 189 g/mol. The first-order valence-corrected chi connectivity index (χ1v) is 3.97. The van der Waals surface area contributed by atoms with Crippen LogP contribution in [0.2, 0.25) is 0 Å². The van der Waals surface area contributed by atoms with Gasteiger partial charge in [-0.1, -0.05) is 6.07 Å². The molecule has 1 aromatic heterocycles. The first kappa shape index (κ1) is 8.43. The summed E-state index contributed by atoms with van der Waals surface area (Å²) in [5.41, 5.74) is 5.61. The van der Waals surface area contributed by atoms with Gasteiger partial charge < -0.3 is 5.73 Å². The first-order valence-electron chi connectivity index (χ1n) is 3.97. The number of nitrogens with zero attached hydrogens (tertiary/aromatic N) is 2. The van der Waals surface area contributed by atoms with Gasteiger partial charge in [0.05, 0.1) is 10.3 Å². The predicted molar refractivity (Wildman–Crippen MR) is 52.8 cm³/mol. The molecule has 0 atom stereocenters. The Labute approximate surface area is 79.3 Å². The van der Waals surface area contributed by atoms with Gasteiger partial charge >= 0.3 is 5.69 Å². The zero-order valence-electron chi connectivity index (χ0n) is 7.18. The quantitative estimate of drug-likeness (QED) is 0.420. The number of benzene rings is 1. The highest BCUT2D eigenvalue weighted by Crippen LogP contribution is 2.30. The molecule has 0 aliphatic heterocycles. The van der Waals surface area contributed by atoms with E-state index in [1.54, 1.807) is 18.3 Å². The van der Waals surface area contributed by atoms with Crippen LogP contribution >= 0.6 is 0 Å². The van der Waals surface area contributed by atoms with Crippen molar-refractivity contribution in [3.05, 3.63) is 40.7 Å². The largest absolute Gasteiger partial charge is 0.393 e. The minimum Gasteiger partial charge on any atom is -0.393 e. The molecule has 0 spiro atoms. The molecule has 70 valence electrons. The molecule has 2 aromatic rings. The summed E-state index contributed by atoms with van der Waals surface area (Å²) in [6.07, 6.45) is 3.03. The van der Waals surface area contributed by atoms with Crippen molar-refractivity contribution < 1.29 is 4.92 Å². The van der Waals surface area contributed by atoms with Crippen LogP contribution < -0.4 is 5.73 Å². The molecule has 0 aliphatic rings. The molecule has 0 radical (unpaired) electrons. The van der Waals surface area contributed by atoms with Crippen LogP contribution in [-0.4, -0.2) is 9.91 Å². The molecule has 0 saturated carbocycles. The lowest BCUT2D eigenvalue weighted by atomic mass is 10.1. The minimum absolute atomic E-state index is 0.0735. The molecule has 0 unspecified atom stereocenters. The van der Waals surface area contributed by atoms with E-state index >= 15 is 0 Å². The summed E-state index contributed by atoms with van der Waals surface area (Å²) >= 11 is 0. The predicted octanol–water partition coefficient (Wildman–Crippen LogP) is 1.73. The zero-order valence-corrected chi connectivity index (χ0v) is 7.18. The van der Waals surface area contributed by atoms with Gasteiger partial charge in [0.15, 0.2) is 0 Å². The molecule has 2 N–H and O–H groups in total. The second kappa shape index (κ2) is 2.95. The van der Waals surface area contributed by atoms with Crippen LogP contribution in [0.1, 0.15) is 0 Å². The van der Waals surface area contributed by atoms with E-state index in [0.717, 1.165) is 5.39 Å². The van der Waals surface area contributed by atoms with Gasteiger partial charge in [-0.3, -0.25) is 15.1 Å². The number of pyridine rings is 1. The van der Waals surface area contributed by atoms with Crippen LogP contribution in [0.3, 0.4) is 0 Å². The third-order valence-electron chi connectivity index (χ3n) is 2.01. The summed E-state index contributed by atoms with van der Waals surface area (Å²) in [7, 11) is 0. The maximum atomic E-state index is 10.7. The summed E-state index contributed by atoms with van der Waals surface area (Å²) in [6, 6.07) is 4.97. The normalized spacial score (nSPS) is 10.3. The number of fused-ring (bicyclic) bond motifs is 1. The third kappa shape index (κ3) is 1.15. The van der Waals surface area contributed by atoms with E-state index in [1.807, 2.05) is 0 Å². The minimum atomic E-state index is -0.487. The monoisotopic (exact) mass is 189 g/mol. The van der Waals surface area contributed by atoms with Gasteiger partial charge in [0, 0.05) is 12.4 Å². The second-order valence-electron chi connectivity index (χ2n) is 2.86. The van der Waals surface area contributed by atoms with Crippen molar-refractivity contribution in [1.82, 2.24) is 4.98 Å². The summed E-state index contributed by atoms with van der Waals surface area (Å²) in [6.45, 7) is 0. The SMILES string of the molecule is Nc1ccc2ccncc2c1[N+](=O)[O-]. The highest BCUT2D eigenvalue weighted by atomic mass is 16.6. The van der Waals surface area contributed by atoms with Crippen molar-refractivity contribution >= 4 is 22.1 Å². The standard InChI is InChI=1S/C9H7N3O2/c10-8-2-1-6-3-4-11-5-7(6)9(8)12(13)14/h1-5H,10H2.